The zero-order valence-corrected chi connectivity index (χ0v) is 12.4. The number of carbonyl (C=O) groups excluding carboxylic acids is 1. The first-order valence-corrected chi connectivity index (χ1v) is 7.17. The van der Waals surface area contributed by atoms with Gasteiger partial charge in [0.2, 0.25) is 0 Å². The van der Waals surface area contributed by atoms with E-state index in [0.717, 1.165) is 6.42 Å². The van der Waals surface area contributed by atoms with E-state index in [-0.39, 0.29) is 28.2 Å². The number of benzene rings is 1. The van der Waals surface area contributed by atoms with E-state index in [2.05, 4.69) is 0 Å². The monoisotopic (exact) mass is 316 g/mol. The Balaban J connectivity index is 2.37. The Morgan fingerprint density at radius 1 is 1.55 bits per heavy atom. The van der Waals surface area contributed by atoms with Crippen molar-refractivity contribution in [1.82, 2.24) is 4.90 Å². The molecule has 0 aromatic heterocycles. The Morgan fingerprint density at radius 3 is 2.85 bits per heavy atom. The summed E-state index contributed by atoms with van der Waals surface area (Å²) >= 11 is 11.7. The summed E-state index contributed by atoms with van der Waals surface area (Å²) in [4.78, 5) is 24.6. The quantitative estimate of drug-likeness (QED) is 0.488. The molecule has 20 heavy (non-hydrogen) atoms. The van der Waals surface area contributed by atoms with Crippen LogP contribution in [-0.2, 0) is 0 Å². The molecule has 0 N–H and O–H groups in total. The average molecular weight is 317 g/mol. The van der Waals surface area contributed by atoms with E-state index in [9.17, 15) is 14.9 Å². The van der Waals surface area contributed by atoms with Crippen LogP contribution in [0.1, 0.15) is 23.7 Å². The van der Waals surface area contributed by atoms with Gasteiger partial charge in [-0.15, -0.1) is 11.6 Å². The second-order valence-electron chi connectivity index (χ2n) is 4.90. The Kier molecular flexibility index (Phi) is 4.50. The van der Waals surface area contributed by atoms with Crippen LogP contribution in [0.4, 0.5) is 5.69 Å². The van der Waals surface area contributed by atoms with Crippen LogP contribution in [0.25, 0.3) is 0 Å². The molecule has 108 valence electrons. The third-order valence-electron chi connectivity index (χ3n) is 3.69. The fraction of sp³-hybridized carbons (Fsp3) is 0.462. The van der Waals surface area contributed by atoms with Gasteiger partial charge in [-0.25, -0.2) is 0 Å². The summed E-state index contributed by atoms with van der Waals surface area (Å²) < 4.78 is 0. The normalized spacial score (nSPS) is 22.1. The highest BCUT2D eigenvalue weighted by atomic mass is 35.5. The van der Waals surface area contributed by atoms with Crippen molar-refractivity contribution in [3.8, 4) is 0 Å². The first kappa shape index (κ1) is 15.1. The largest absolute Gasteiger partial charge is 0.334 e. The van der Waals surface area contributed by atoms with Crippen LogP contribution in [-0.4, -0.2) is 34.2 Å². The second kappa shape index (κ2) is 5.97. The summed E-state index contributed by atoms with van der Waals surface area (Å²) in [7, 11) is 0. The zero-order valence-electron chi connectivity index (χ0n) is 10.9. The molecule has 1 saturated heterocycles. The molecule has 1 fully saturated rings. The third kappa shape index (κ3) is 2.74. The first-order valence-electron chi connectivity index (χ1n) is 6.26. The fourth-order valence-corrected chi connectivity index (χ4v) is 3.12. The molecule has 5 nitrogen and oxygen atoms in total. The molecule has 2 atom stereocenters. The highest BCUT2D eigenvalue weighted by Crippen LogP contribution is 2.30. The van der Waals surface area contributed by atoms with Crippen LogP contribution in [0.5, 0.6) is 0 Å². The summed E-state index contributed by atoms with van der Waals surface area (Å²) in [6.07, 6.45) is 0.852. The number of hydrogen-bond donors (Lipinski definition) is 0. The number of nitro benzene ring substituents is 1. The van der Waals surface area contributed by atoms with Crippen molar-refractivity contribution in [2.75, 3.05) is 12.4 Å². The van der Waals surface area contributed by atoms with Crippen LogP contribution < -0.4 is 0 Å². The number of likely N-dealkylation sites (tertiary alicyclic amines) is 1. The van der Waals surface area contributed by atoms with Gasteiger partial charge in [-0.05, 0) is 24.5 Å². The lowest BCUT2D eigenvalue weighted by Crippen LogP contribution is -2.38. The lowest BCUT2D eigenvalue weighted by Gasteiger charge is -2.25. The minimum absolute atomic E-state index is 0.0589. The van der Waals surface area contributed by atoms with Crippen molar-refractivity contribution >= 4 is 34.8 Å². The maximum Gasteiger partial charge on any atom is 0.283 e. The van der Waals surface area contributed by atoms with Gasteiger partial charge in [0.1, 0.15) is 5.56 Å². The summed E-state index contributed by atoms with van der Waals surface area (Å²) in [5.41, 5.74) is -0.209. The smallest absolute Gasteiger partial charge is 0.283 e. The topological polar surface area (TPSA) is 63.5 Å². The van der Waals surface area contributed by atoms with Gasteiger partial charge in [-0.1, -0.05) is 18.5 Å². The van der Waals surface area contributed by atoms with Crippen molar-refractivity contribution in [2.45, 2.75) is 19.4 Å². The summed E-state index contributed by atoms with van der Waals surface area (Å²) in [5.74, 6) is 0.264. The number of carbonyl (C=O) groups is 1. The molecule has 0 aliphatic carbocycles. The molecule has 0 radical (unpaired) electrons. The van der Waals surface area contributed by atoms with Gasteiger partial charge in [0.15, 0.2) is 0 Å². The van der Waals surface area contributed by atoms with E-state index in [4.69, 9.17) is 23.2 Å². The molecule has 1 heterocycles. The molecular formula is C13H14Cl2N2O3. The van der Waals surface area contributed by atoms with E-state index in [0.29, 0.717) is 18.3 Å². The van der Waals surface area contributed by atoms with E-state index >= 15 is 0 Å². The predicted octanol–water partition coefficient (Wildman–Crippen LogP) is 3.34. The van der Waals surface area contributed by atoms with Crippen LogP contribution >= 0.6 is 23.2 Å². The minimum Gasteiger partial charge on any atom is -0.334 e. The van der Waals surface area contributed by atoms with Crippen LogP contribution in [0, 0.1) is 16.0 Å². The molecule has 1 aromatic carbocycles. The molecule has 0 bridgehead atoms. The van der Waals surface area contributed by atoms with Gasteiger partial charge >= 0.3 is 0 Å². The van der Waals surface area contributed by atoms with Crippen molar-refractivity contribution < 1.29 is 9.72 Å². The molecule has 1 amide bonds. The second-order valence-corrected chi connectivity index (χ2v) is 5.65. The Hall–Kier alpha value is -1.33. The zero-order chi connectivity index (χ0) is 14.9. The van der Waals surface area contributed by atoms with Gasteiger partial charge < -0.3 is 4.90 Å². The van der Waals surface area contributed by atoms with Crippen molar-refractivity contribution in [1.29, 1.82) is 0 Å². The molecule has 2 unspecified atom stereocenters. The lowest BCUT2D eigenvalue weighted by molar-refractivity contribution is -0.385. The Bertz CT molecular complexity index is 550. The maximum atomic E-state index is 12.5. The van der Waals surface area contributed by atoms with E-state index in [1.54, 1.807) is 4.90 Å². The van der Waals surface area contributed by atoms with Gasteiger partial charge in [0.05, 0.1) is 4.92 Å². The van der Waals surface area contributed by atoms with Crippen molar-refractivity contribution in [2.24, 2.45) is 5.92 Å². The van der Waals surface area contributed by atoms with Crippen molar-refractivity contribution in [3.05, 3.63) is 38.9 Å². The number of nitrogens with zero attached hydrogens (tertiary/aromatic N) is 2. The van der Waals surface area contributed by atoms with E-state index in [1.807, 2.05) is 6.92 Å². The highest BCUT2D eigenvalue weighted by molar-refractivity contribution is 6.31. The minimum atomic E-state index is -0.589. The van der Waals surface area contributed by atoms with E-state index in [1.165, 1.54) is 18.2 Å². The average Bonchev–Trinajstić information content (AvgIpc) is 2.78. The number of amides is 1. The standard InChI is InChI=1S/C13H14Cl2N2O3/c1-8-4-5-16(12(8)7-14)13(18)10-3-2-9(15)6-11(10)17(19)20/h2-3,6,8,12H,4-5,7H2,1H3. The predicted molar refractivity (Wildman–Crippen MR) is 77.4 cm³/mol. The first-order chi connectivity index (χ1) is 9.45. The number of nitro groups is 1. The molecule has 0 saturated carbocycles. The fourth-order valence-electron chi connectivity index (χ4n) is 2.49. The van der Waals surface area contributed by atoms with Crippen LogP contribution in [0.15, 0.2) is 18.2 Å². The van der Waals surface area contributed by atoms with Gasteiger partial charge in [0.25, 0.3) is 11.6 Å². The Morgan fingerprint density at radius 2 is 2.25 bits per heavy atom. The molecule has 0 spiro atoms. The molecular weight excluding hydrogens is 303 g/mol. The number of alkyl halides is 1. The molecule has 1 aliphatic heterocycles. The number of hydrogen-bond acceptors (Lipinski definition) is 3. The summed E-state index contributed by atoms with van der Waals surface area (Å²) in [6, 6.07) is 4.00. The lowest BCUT2D eigenvalue weighted by atomic mass is 10.0. The summed E-state index contributed by atoms with van der Waals surface area (Å²) in [5, 5.41) is 11.3. The molecule has 1 aliphatic rings. The van der Waals surface area contributed by atoms with Gasteiger partial charge in [-0.3, -0.25) is 14.9 Å². The van der Waals surface area contributed by atoms with Gasteiger partial charge in [-0.2, -0.15) is 0 Å². The number of halogens is 2. The molecule has 2 rings (SSSR count). The Labute approximate surface area is 126 Å². The third-order valence-corrected chi connectivity index (χ3v) is 4.24. The van der Waals surface area contributed by atoms with Crippen LogP contribution in [0.3, 0.4) is 0 Å². The number of rotatable bonds is 3. The molecule has 7 heteroatoms. The SMILES string of the molecule is CC1CCN(C(=O)c2ccc(Cl)cc2[N+](=O)[O-])C1CCl. The summed E-state index contributed by atoms with van der Waals surface area (Å²) in [6.45, 7) is 2.59. The molecule has 1 aromatic rings. The van der Waals surface area contributed by atoms with Gasteiger partial charge in [0, 0.05) is 29.6 Å². The van der Waals surface area contributed by atoms with Crippen LogP contribution in [0.2, 0.25) is 5.02 Å². The highest BCUT2D eigenvalue weighted by Gasteiger charge is 2.36. The van der Waals surface area contributed by atoms with E-state index < -0.39 is 4.92 Å². The van der Waals surface area contributed by atoms with Crippen molar-refractivity contribution in [3.63, 3.8) is 0 Å². The maximum absolute atomic E-state index is 12.5.